The molecule has 0 aromatic heterocycles. The number of hydrogen-bond donors (Lipinski definition) is 1. The van der Waals surface area contributed by atoms with Crippen LogP contribution in [0.1, 0.15) is 36.5 Å². The third kappa shape index (κ3) is 4.54. The van der Waals surface area contributed by atoms with Gasteiger partial charge in [-0.25, -0.2) is 0 Å². The van der Waals surface area contributed by atoms with Gasteiger partial charge in [0.2, 0.25) is 0 Å². The molecule has 1 fully saturated rings. The average Bonchev–Trinajstić information content (AvgIpc) is 2.65. The van der Waals surface area contributed by atoms with Crippen molar-refractivity contribution < 1.29 is 9.53 Å². The minimum atomic E-state index is -0.130. The Hall–Kier alpha value is -2.01. The van der Waals surface area contributed by atoms with Crippen molar-refractivity contribution in [2.75, 3.05) is 29.9 Å². The number of ether oxygens (including phenoxy) is 1. The third-order valence-electron chi connectivity index (χ3n) is 4.34. The number of carbonyl (C=O) groups excluding carboxylic acids is 1. The highest BCUT2D eigenvalue weighted by molar-refractivity contribution is 9.10. The lowest BCUT2D eigenvalue weighted by Crippen LogP contribution is -2.29. The molecule has 1 aliphatic rings. The summed E-state index contributed by atoms with van der Waals surface area (Å²) in [6.45, 7) is 4.76. The highest BCUT2D eigenvalue weighted by atomic mass is 79.9. The maximum absolute atomic E-state index is 12.4. The van der Waals surface area contributed by atoms with Gasteiger partial charge in [-0.2, -0.15) is 0 Å². The van der Waals surface area contributed by atoms with Crippen LogP contribution in [0, 0.1) is 0 Å². The first-order chi connectivity index (χ1) is 12.2. The van der Waals surface area contributed by atoms with Gasteiger partial charge < -0.3 is 15.0 Å². The summed E-state index contributed by atoms with van der Waals surface area (Å²) in [6.07, 6.45) is 3.83. The topological polar surface area (TPSA) is 41.6 Å². The maximum Gasteiger partial charge on any atom is 0.255 e. The first kappa shape index (κ1) is 17.8. The standard InChI is InChI=1S/C20H23BrN2O2/c1-2-25-19-11-6-15(14-18(19)21)20(24)22-16-7-9-17(10-8-16)23-12-4-3-5-13-23/h6-11,14H,2-5,12-13H2,1H3,(H,22,24). The van der Waals surface area contributed by atoms with Crippen LogP contribution in [0.4, 0.5) is 11.4 Å². The molecule has 0 radical (unpaired) electrons. The van der Waals surface area contributed by atoms with Gasteiger partial charge in [0.05, 0.1) is 11.1 Å². The number of hydrogen-bond acceptors (Lipinski definition) is 3. The van der Waals surface area contributed by atoms with Crippen LogP contribution >= 0.6 is 15.9 Å². The molecule has 5 heteroatoms. The van der Waals surface area contributed by atoms with Crippen molar-refractivity contribution in [3.63, 3.8) is 0 Å². The molecule has 2 aromatic rings. The Balaban J connectivity index is 1.65. The summed E-state index contributed by atoms with van der Waals surface area (Å²) in [7, 11) is 0. The normalized spacial score (nSPS) is 14.2. The fourth-order valence-corrected chi connectivity index (χ4v) is 3.52. The van der Waals surface area contributed by atoms with Crippen molar-refractivity contribution in [3.8, 4) is 5.75 Å². The number of carbonyl (C=O) groups is 1. The van der Waals surface area contributed by atoms with Crippen LogP contribution in [0.25, 0.3) is 0 Å². The van der Waals surface area contributed by atoms with Crippen molar-refractivity contribution in [3.05, 3.63) is 52.5 Å². The fourth-order valence-electron chi connectivity index (χ4n) is 3.03. The highest BCUT2D eigenvalue weighted by Crippen LogP contribution is 2.27. The zero-order valence-electron chi connectivity index (χ0n) is 14.4. The Kier molecular flexibility index (Phi) is 5.97. The summed E-state index contributed by atoms with van der Waals surface area (Å²) in [5.41, 5.74) is 2.62. The number of nitrogens with one attached hydrogen (secondary N) is 1. The largest absolute Gasteiger partial charge is 0.493 e. The zero-order valence-corrected chi connectivity index (χ0v) is 16.0. The van der Waals surface area contributed by atoms with Crippen LogP contribution in [0.5, 0.6) is 5.75 Å². The van der Waals surface area contributed by atoms with E-state index in [0.717, 1.165) is 29.0 Å². The van der Waals surface area contributed by atoms with Crippen molar-refractivity contribution in [2.45, 2.75) is 26.2 Å². The molecule has 4 nitrogen and oxygen atoms in total. The molecule has 0 atom stereocenters. The smallest absolute Gasteiger partial charge is 0.255 e. The molecule has 0 bridgehead atoms. The summed E-state index contributed by atoms with van der Waals surface area (Å²) in [6, 6.07) is 13.4. The lowest BCUT2D eigenvalue weighted by molar-refractivity contribution is 0.102. The van der Waals surface area contributed by atoms with Crippen LogP contribution in [-0.4, -0.2) is 25.6 Å². The van der Waals surface area contributed by atoms with Gasteiger partial charge in [-0.3, -0.25) is 4.79 Å². The maximum atomic E-state index is 12.4. The van der Waals surface area contributed by atoms with Crippen molar-refractivity contribution >= 4 is 33.2 Å². The van der Waals surface area contributed by atoms with Gasteiger partial charge >= 0.3 is 0 Å². The van der Waals surface area contributed by atoms with Gasteiger partial charge in [0.15, 0.2) is 0 Å². The van der Waals surface area contributed by atoms with Crippen LogP contribution < -0.4 is 15.0 Å². The summed E-state index contributed by atoms with van der Waals surface area (Å²) in [4.78, 5) is 14.8. The van der Waals surface area contributed by atoms with Gasteiger partial charge in [0, 0.05) is 30.0 Å². The number of halogens is 1. The first-order valence-electron chi connectivity index (χ1n) is 8.76. The van der Waals surface area contributed by atoms with E-state index >= 15 is 0 Å². The Morgan fingerprint density at radius 2 is 1.84 bits per heavy atom. The summed E-state index contributed by atoms with van der Waals surface area (Å²) in [5, 5.41) is 2.95. The molecule has 25 heavy (non-hydrogen) atoms. The second kappa shape index (κ2) is 8.39. The summed E-state index contributed by atoms with van der Waals surface area (Å²) < 4.78 is 6.26. The van der Waals surface area contributed by atoms with Gasteiger partial charge in [0.1, 0.15) is 5.75 Å². The van der Waals surface area contributed by atoms with E-state index in [0.29, 0.717) is 12.2 Å². The van der Waals surface area contributed by atoms with E-state index in [1.165, 1.54) is 24.9 Å². The Morgan fingerprint density at radius 1 is 1.12 bits per heavy atom. The van der Waals surface area contributed by atoms with Gasteiger partial charge in [-0.1, -0.05) is 0 Å². The molecule has 1 heterocycles. The second-order valence-electron chi connectivity index (χ2n) is 6.13. The summed E-state index contributed by atoms with van der Waals surface area (Å²) >= 11 is 3.44. The fraction of sp³-hybridized carbons (Fsp3) is 0.350. The monoisotopic (exact) mass is 402 g/mol. The average molecular weight is 403 g/mol. The molecule has 0 unspecified atom stereocenters. The minimum absolute atomic E-state index is 0.130. The molecule has 1 amide bonds. The Morgan fingerprint density at radius 3 is 2.48 bits per heavy atom. The van der Waals surface area contributed by atoms with E-state index < -0.39 is 0 Å². The predicted octanol–water partition coefficient (Wildman–Crippen LogP) is 5.09. The molecular formula is C20H23BrN2O2. The van der Waals surface area contributed by atoms with E-state index in [1.807, 2.05) is 25.1 Å². The molecule has 2 aromatic carbocycles. The highest BCUT2D eigenvalue weighted by Gasteiger charge is 2.12. The van der Waals surface area contributed by atoms with Crippen LogP contribution in [0.3, 0.4) is 0 Å². The van der Waals surface area contributed by atoms with Crippen LogP contribution in [0.2, 0.25) is 0 Å². The molecular weight excluding hydrogens is 380 g/mol. The van der Waals surface area contributed by atoms with E-state index in [1.54, 1.807) is 12.1 Å². The SMILES string of the molecule is CCOc1ccc(C(=O)Nc2ccc(N3CCCCC3)cc2)cc1Br. The predicted molar refractivity (Wildman–Crippen MR) is 106 cm³/mol. The second-order valence-corrected chi connectivity index (χ2v) is 6.98. The number of anilines is 2. The minimum Gasteiger partial charge on any atom is -0.493 e. The van der Waals surface area contributed by atoms with Gasteiger partial charge in [0.25, 0.3) is 5.91 Å². The van der Waals surface area contributed by atoms with E-state index in [4.69, 9.17) is 4.74 Å². The number of amides is 1. The van der Waals surface area contributed by atoms with Gasteiger partial charge in [-0.05, 0) is 84.6 Å². The van der Waals surface area contributed by atoms with Crippen molar-refractivity contribution in [1.82, 2.24) is 0 Å². The van der Waals surface area contributed by atoms with Crippen molar-refractivity contribution in [2.24, 2.45) is 0 Å². The van der Waals surface area contributed by atoms with E-state index in [2.05, 4.69) is 38.3 Å². The lowest BCUT2D eigenvalue weighted by atomic mass is 10.1. The van der Waals surface area contributed by atoms with Gasteiger partial charge in [-0.15, -0.1) is 0 Å². The molecule has 1 saturated heterocycles. The van der Waals surface area contributed by atoms with Crippen molar-refractivity contribution in [1.29, 1.82) is 0 Å². The third-order valence-corrected chi connectivity index (χ3v) is 4.96. The molecule has 0 spiro atoms. The number of benzene rings is 2. The molecule has 1 aliphatic heterocycles. The first-order valence-corrected chi connectivity index (χ1v) is 9.55. The number of piperidine rings is 1. The Bertz CT molecular complexity index is 725. The Labute approximate surface area is 157 Å². The molecule has 0 aliphatic carbocycles. The quantitative estimate of drug-likeness (QED) is 0.756. The molecule has 1 N–H and O–H groups in total. The molecule has 132 valence electrons. The van der Waals surface area contributed by atoms with E-state index in [9.17, 15) is 4.79 Å². The molecule has 3 rings (SSSR count). The summed E-state index contributed by atoms with van der Waals surface area (Å²) in [5.74, 6) is 0.611. The zero-order chi connectivity index (χ0) is 17.6. The lowest BCUT2D eigenvalue weighted by Gasteiger charge is -2.28. The van der Waals surface area contributed by atoms with Crippen LogP contribution in [0.15, 0.2) is 46.9 Å². The number of nitrogens with zero attached hydrogens (tertiary/aromatic N) is 1. The molecule has 0 saturated carbocycles. The number of rotatable bonds is 5. The van der Waals surface area contributed by atoms with E-state index in [-0.39, 0.29) is 5.91 Å². The van der Waals surface area contributed by atoms with Crippen LogP contribution in [-0.2, 0) is 0 Å².